The molecule has 140 valence electrons. The van der Waals surface area contributed by atoms with Crippen LogP contribution in [0.15, 0.2) is 0 Å². The Bertz CT molecular complexity index is 400. The van der Waals surface area contributed by atoms with Crippen molar-refractivity contribution in [1.29, 1.82) is 0 Å². The predicted molar refractivity (Wildman–Crippen MR) is 38.6 cm³/mol. The van der Waals surface area contributed by atoms with E-state index in [1.165, 1.54) is 0 Å². The van der Waals surface area contributed by atoms with Crippen LogP contribution >= 0.6 is 0 Å². The van der Waals surface area contributed by atoms with Crippen LogP contribution in [-0.4, -0.2) is 41.8 Å². The maximum atomic E-state index is 13.0. The van der Waals surface area contributed by atoms with E-state index in [0.717, 1.165) is 5.73 Å². The zero-order chi connectivity index (χ0) is 19.5. The second-order valence-corrected chi connectivity index (χ2v) is 4.09. The van der Waals surface area contributed by atoms with Gasteiger partial charge < -0.3 is 5.73 Å². The summed E-state index contributed by atoms with van der Waals surface area (Å²) < 4.78 is 184. The first-order chi connectivity index (χ1) is 9.50. The van der Waals surface area contributed by atoms with Gasteiger partial charge in [-0.2, -0.15) is 65.9 Å². The molecule has 0 aromatic carbocycles. The first kappa shape index (κ1) is 21.9. The molecule has 0 aromatic rings. The van der Waals surface area contributed by atoms with Crippen molar-refractivity contribution in [2.45, 2.75) is 41.8 Å². The van der Waals surface area contributed by atoms with E-state index in [9.17, 15) is 65.9 Å². The highest BCUT2D eigenvalue weighted by atomic mass is 19.4. The fourth-order valence-corrected chi connectivity index (χ4v) is 1.05. The van der Waals surface area contributed by atoms with Gasteiger partial charge in [0.1, 0.15) is 0 Å². The molecular formula is C7H3F15N+. The zero-order valence-corrected chi connectivity index (χ0v) is 9.88. The Labute approximate surface area is 115 Å². The molecule has 0 spiro atoms. The maximum Gasteiger partial charge on any atom is 0.463 e. The molecule has 0 bridgehead atoms. The molecule has 23 heavy (non-hydrogen) atoms. The summed E-state index contributed by atoms with van der Waals surface area (Å²) >= 11 is 0. The third-order valence-electron chi connectivity index (χ3n) is 2.50. The van der Waals surface area contributed by atoms with Gasteiger partial charge in [-0.15, -0.1) is 0 Å². The van der Waals surface area contributed by atoms with Crippen molar-refractivity contribution in [3.05, 3.63) is 0 Å². The van der Waals surface area contributed by atoms with Crippen molar-refractivity contribution < 1.29 is 71.6 Å². The van der Waals surface area contributed by atoms with Crippen LogP contribution in [0, 0.1) is 0 Å². The van der Waals surface area contributed by atoms with Crippen molar-refractivity contribution in [2.24, 2.45) is 0 Å². The minimum Gasteiger partial charge on any atom is -0.315 e. The van der Waals surface area contributed by atoms with E-state index in [4.69, 9.17) is 0 Å². The summed E-state index contributed by atoms with van der Waals surface area (Å²) in [6.07, 6.45) is -14.9. The van der Waals surface area contributed by atoms with Crippen LogP contribution in [0.5, 0.6) is 0 Å². The van der Waals surface area contributed by atoms with Gasteiger partial charge in [-0.1, -0.05) is 0 Å². The van der Waals surface area contributed by atoms with E-state index in [1.807, 2.05) is 0 Å². The SMILES string of the molecule is [NH3+]C(F)(C(F)(F)C(F)(F)F)C(F)(F)C(F)(F)C(F)(F)C(F)(F)F. The lowest BCUT2D eigenvalue weighted by molar-refractivity contribution is -0.639. The van der Waals surface area contributed by atoms with Crippen molar-refractivity contribution in [3.63, 3.8) is 0 Å². The zero-order valence-electron chi connectivity index (χ0n) is 9.88. The topological polar surface area (TPSA) is 27.6 Å². The third kappa shape index (κ3) is 2.67. The van der Waals surface area contributed by atoms with Crippen LogP contribution in [0.1, 0.15) is 0 Å². The molecular weight excluding hydrogens is 383 g/mol. The van der Waals surface area contributed by atoms with E-state index in [0.29, 0.717) is 0 Å². The molecule has 3 N–H and O–H groups in total. The number of rotatable bonds is 4. The van der Waals surface area contributed by atoms with Gasteiger partial charge in [-0.3, -0.25) is 0 Å². The molecule has 1 unspecified atom stereocenters. The summed E-state index contributed by atoms with van der Waals surface area (Å²) in [4.78, 5) is 0. The monoisotopic (exact) mass is 386 g/mol. The van der Waals surface area contributed by atoms with Gasteiger partial charge in [-0.05, 0) is 0 Å². The molecule has 1 atom stereocenters. The van der Waals surface area contributed by atoms with E-state index in [-0.39, 0.29) is 0 Å². The van der Waals surface area contributed by atoms with Crippen molar-refractivity contribution in [2.75, 3.05) is 0 Å². The Kier molecular flexibility index (Phi) is 4.72. The molecule has 0 saturated heterocycles. The summed E-state index contributed by atoms with van der Waals surface area (Å²) in [7, 11) is 0. The number of hydrogen-bond acceptors (Lipinski definition) is 0. The van der Waals surface area contributed by atoms with Crippen LogP contribution in [0.2, 0.25) is 0 Å². The van der Waals surface area contributed by atoms with Gasteiger partial charge in [0.2, 0.25) is 0 Å². The van der Waals surface area contributed by atoms with Gasteiger partial charge in [0, 0.05) is 0 Å². The highest BCUT2D eigenvalue weighted by Gasteiger charge is 2.94. The molecule has 0 heterocycles. The molecule has 16 heteroatoms. The summed E-state index contributed by atoms with van der Waals surface area (Å²) in [5, 5.41) is 0. The molecule has 0 saturated carbocycles. The lowest BCUT2D eigenvalue weighted by atomic mass is 9.91. The van der Waals surface area contributed by atoms with Crippen LogP contribution in [0.3, 0.4) is 0 Å². The number of hydrogen-bond donors (Lipinski definition) is 1. The van der Waals surface area contributed by atoms with E-state index < -0.39 is 41.8 Å². The minimum atomic E-state index is -8.02. The summed E-state index contributed by atoms with van der Waals surface area (Å²) in [6, 6.07) is 0. The maximum absolute atomic E-state index is 13.0. The average molecular weight is 386 g/mol. The van der Waals surface area contributed by atoms with Crippen LogP contribution in [0.25, 0.3) is 0 Å². The van der Waals surface area contributed by atoms with Gasteiger partial charge in [0.05, 0.1) is 0 Å². The van der Waals surface area contributed by atoms with Gasteiger partial charge in [-0.25, -0.2) is 0 Å². The quantitative estimate of drug-likeness (QED) is 0.566. The van der Waals surface area contributed by atoms with Gasteiger partial charge in [0.25, 0.3) is 0 Å². The fourth-order valence-electron chi connectivity index (χ4n) is 1.05. The molecule has 0 amide bonds. The van der Waals surface area contributed by atoms with Gasteiger partial charge in [0.15, 0.2) is 0 Å². The Hall–Kier alpha value is -1.09. The normalized spacial score (nSPS) is 18.8. The van der Waals surface area contributed by atoms with E-state index in [2.05, 4.69) is 0 Å². The van der Waals surface area contributed by atoms with Crippen molar-refractivity contribution in [3.8, 4) is 0 Å². The van der Waals surface area contributed by atoms with Crippen LogP contribution in [-0.2, 0) is 0 Å². The largest absolute Gasteiger partial charge is 0.463 e. The Morgan fingerprint density at radius 2 is 0.609 bits per heavy atom. The highest BCUT2D eigenvalue weighted by molar-refractivity contribution is 5.10. The number of quaternary nitrogens is 1. The number of alkyl halides is 15. The van der Waals surface area contributed by atoms with Crippen LogP contribution in [0.4, 0.5) is 65.9 Å². The summed E-state index contributed by atoms with van der Waals surface area (Å²) in [5.41, 5.74) is 0.774. The Morgan fingerprint density at radius 3 is 0.826 bits per heavy atom. The van der Waals surface area contributed by atoms with E-state index >= 15 is 0 Å². The first-order valence-corrected chi connectivity index (χ1v) is 4.69. The molecule has 1 nitrogen and oxygen atoms in total. The van der Waals surface area contributed by atoms with Gasteiger partial charge >= 0.3 is 41.8 Å². The van der Waals surface area contributed by atoms with E-state index in [1.54, 1.807) is 0 Å². The lowest BCUT2D eigenvalue weighted by Crippen LogP contribution is -2.91. The standard InChI is InChI=1S/C7H2F15N/c8-1(9,3(12,13)6(17,18)19)2(10,11)5(16,23)4(14,15)7(20,21)22/h23H2/p+1. The average Bonchev–Trinajstić information content (AvgIpc) is 2.24. The van der Waals surface area contributed by atoms with Crippen LogP contribution < -0.4 is 5.73 Å². The molecule has 0 aromatic heterocycles. The lowest BCUT2D eigenvalue weighted by Gasteiger charge is -2.39. The fraction of sp³-hybridized carbons (Fsp3) is 1.00. The smallest absolute Gasteiger partial charge is 0.315 e. The van der Waals surface area contributed by atoms with Crippen molar-refractivity contribution >= 4 is 0 Å². The Balaban J connectivity index is 6.37. The third-order valence-corrected chi connectivity index (χ3v) is 2.50. The highest BCUT2D eigenvalue weighted by Crippen LogP contribution is 2.59. The number of halogens is 15. The summed E-state index contributed by atoms with van der Waals surface area (Å²) in [5.74, 6) is -38.3. The molecule has 0 fully saturated rings. The minimum absolute atomic E-state index is 0.774. The molecule has 0 aliphatic carbocycles. The first-order valence-electron chi connectivity index (χ1n) is 4.69. The Morgan fingerprint density at radius 1 is 0.348 bits per heavy atom. The predicted octanol–water partition coefficient (Wildman–Crippen LogP) is 3.56. The second-order valence-electron chi connectivity index (χ2n) is 4.09. The second kappa shape index (κ2) is 4.95. The molecule has 0 aliphatic heterocycles. The molecule has 0 radical (unpaired) electrons. The summed E-state index contributed by atoms with van der Waals surface area (Å²) in [6.45, 7) is 0. The molecule has 0 rings (SSSR count). The molecule has 0 aliphatic rings. The van der Waals surface area contributed by atoms with Crippen molar-refractivity contribution in [1.82, 2.24) is 0 Å².